The Hall–Kier alpha value is -1.10. The lowest BCUT2D eigenvalue weighted by Gasteiger charge is -2.16. The summed E-state index contributed by atoms with van der Waals surface area (Å²) in [6, 6.07) is -0.666. The fraction of sp³-hybridized carbons (Fsp3) is 0.920. The number of carboxylic acid groups (broad SMARTS) is 1. The first-order valence-corrected chi connectivity index (χ1v) is 12.8. The van der Waals surface area contributed by atoms with Gasteiger partial charge < -0.3 is 16.2 Å². The summed E-state index contributed by atoms with van der Waals surface area (Å²) in [5.74, 6) is -0.385. The predicted molar refractivity (Wildman–Crippen MR) is 127 cm³/mol. The number of nitrogens with two attached hydrogens (primary N) is 1. The Morgan fingerprint density at radius 2 is 1.20 bits per heavy atom. The zero-order valence-electron chi connectivity index (χ0n) is 19.9. The molecular formula is C25H50N2O3. The van der Waals surface area contributed by atoms with Crippen molar-refractivity contribution < 1.29 is 14.7 Å². The Morgan fingerprint density at radius 3 is 1.67 bits per heavy atom. The summed E-state index contributed by atoms with van der Waals surface area (Å²) < 4.78 is 0. The molecule has 0 unspecified atom stereocenters. The van der Waals surface area contributed by atoms with Gasteiger partial charge >= 0.3 is 5.97 Å². The fourth-order valence-corrected chi connectivity index (χ4v) is 4.09. The van der Waals surface area contributed by atoms with Crippen LogP contribution in [0.5, 0.6) is 0 Å². The van der Waals surface area contributed by atoms with Gasteiger partial charge in [-0.15, -0.1) is 0 Å². The molecule has 0 aromatic heterocycles. The van der Waals surface area contributed by atoms with E-state index in [1.165, 1.54) is 89.9 Å². The molecule has 0 aliphatic rings. The molecule has 5 nitrogen and oxygen atoms in total. The Bertz CT molecular complexity index is 407. The molecule has 1 amide bonds. The fourth-order valence-electron chi connectivity index (χ4n) is 4.09. The highest BCUT2D eigenvalue weighted by Crippen LogP contribution is 2.23. The molecule has 0 aromatic carbocycles. The van der Waals surface area contributed by atoms with E-state index in [-0.39, 0.29) is 12.8 Å². The van der Waals surface area contributed by atoms with E-state index in [2.05, 4.69) is 19.2 Å². The number of rotatable bonds is 23. The SMILES string of the molecule is CCCCC(CCCC)CCCCCCCCCCCN[C@@H](CCC(N)=O)C(=O)O. The quantitative estimate of drug-likeness (QED) is 0.170. The molecule has 0 aliphatic carbocycles. The maximum Gasteiger partial charge on any atom is 0.320 e. The van der Waals surface area contributed by atoms with Gasteiger partial charge in [-0.1, -0.05) is 110 Å². The highest BCUT2D eigenvalue weighted by atomic mass is 16.4. The summed E-state index contributed by atoms with van der Waals surface area (Å²) in [4.78, 5) is 21.9. The van der Waals surface area contributed by atoms with Crippen molar-refractivity contribution in [3.8, 4) is 0 Å². The smallest absolute Gasteiger partial charge is 0.320 e. The number of carboxylic acids is 1. The molecule has 0 saturated heterocycles. The van der Waals surface area contributed by atoms with Gasteiger partial charge in [0.1, 0.15) is 6.04 Å². The molecule has 0 aromatic rings. The number of carbonyl (C=O) groups is 2. The average molecular weight is 427 g/mol. The van der Waals surface area contributed by atoms with E-state index < -0.39 is 17.9 Å². The van der Waals surface area contributed by atoms with E-state index in [0.29, 0.717) is 6.54 Å². The molecule has 0 bridgehead atoms. The van der Waals surface area contributed by atoms with Crippen molar-refractivity contribution in [1.82, 2.24) is 5.32 Å². The van der Waals surface area contributed by atoms with Gasteiger partial charge in [0.25, 0.3) is 0 Å². The van der Waals surface area contributed by atoms with Crippen molar-refractivity contribution in [3.63, 3.8) is 0 Å². The van der Waals surface area contributed by atoms with E-state index in [4.69, 9.17) is 10.8 Å². The molecule has 0 aliphatic heterocycles. The molecule has 5 heteroatoms. The van der Waals surface area contributed by atoms with Gasteiger partial charge in [0.15, 0.2) is 0 Å². The Morgan fingerprint density at radius 1 is 0.733 bits per heavy atom. The van der Waals surface area contributed by atoms with Crippen LogP contribution >= 0.6 is 0 Å². The Kier molecular flexibility index (Phi) is 20.4. The van der Waals surface area contributed by atoms with Crippen molar-refractivity contribution in [2.75, 3.05) is 6.54 Å². The van der Waals surface area contributed by atoms with Crippen molar-refractivity contribution in [2.24, 2.45) is 11.7 Å². The molecule has 0 saturated carbocycles. The van der Waals surface area contributed by atoms with E-state index in [1.54, 1.807) is 0 Å². The normalized spacial score (nSPS) is 12.4. The van der Waals surface area contributed by atoms with Crippen LogP contribution in [0.2, 0.25) is 0 Å². The van der Waals surface area contributed by atoms with Crippen molar-refractivity contribution in [1.29, 1.82) is 0 Å². The number of unbranched alkanes of at least 4 members (excludes halogenated alkanes) is 10. The van der Waals surface area contributed by atoms with E-state index in [9.17, 15) is 9.59 Å². The van der Waals surface area contributed by atoms with Crippen molar-refractivity contribution >= 4 is 11.9 Å². The summed E-state index contributed by atoms with van der Waals surface area (Å²) in [5, 5.41) is 12.2. The van der Waals surface area contributed by atoms with Gasteiger partial charge in [0.2, 0.25) is 5.91 Å². The standard InChI is InChI=1S/C25H50N2O3/c1-3-5-16-22(17-6-4-2)18-14-12-10-8-7-9-11-13-15-21-27-23(25(29)30)19-20-24(26)28/h22-23,27H,3-21H2,1-2H3,(H2,26,28)(H,29,30)/t23-/m0/s1. The van der Waals surface area contributed by atoms with E-state index in [0.717, 1.165) is 18.8 Å². The maximum absolute atomic E-state index is 11.1. The number of hydrogen-bond donors (Lipinski definition) is 3. The van der Waals surface area contributed by atoms with Crippen LogP contribution in [-0.4, -0.2) is 29.6 Å². The minimum absolute atomic E-state index is 0.113. The van der Waals surface area contributed by atoms with Crippen LogP contribution in [0.4, 0.5) is 0 Å². The molecule has 1 atom stereocenters. The molecule has 30 heavy (non-hydrogen) atoms. The van der Waals surface area contributed by atoms with Crippen LogP contribution < -0.4 is 11.1 Å². The number of hydrogen-bond acceptors (Lipinski definition) is 3. The molecule has 178 valence electrons. The lowest BCUT2D eigenvalue weighted by atomic mass is 9.90. The van der Waals surface area contributed by atoms with Crippen molar-refractivity contribution in [3.05, 3.63) is 0 Å². The minimum atomic E-state index is -0.904. The van der Waals surface area contributed by atoms with Crippen LogP contribution in [-0.2, 0) is 9.59 Å². The lowest BCUT2D eigenvalue weighted by molar-refractivity contribution is -0.139. The summed E-state index contributed by atoms with van der Waals surface area (Å²) in [5.41, 5.74) is 5.09. The van der Waals surface area contributed by atoms with Crippen molar-refractivity contribution in [2.45, 2.75) is 135 Å². The van der Waals surface area contributed by atoms with Crippen LogP contribution in [0.1, 0.15) is 129 Å². The largest absolute Gasteiger partial charge is 0.480 e. The second-order valence-corrected chi connectivity index (χ2v) is 8.97. The second kappa shape index (κ2) is 21.1. The maximum atomic E-state index is 11.1. The zero-order chi connectivity index (χ0) is 22.5. The van der Waals surface area contributed by atoms with Gasteiger partial charge in [-0.2, -0.15) is 0 Å². The van der Waals surface area contributed by atoms with E-state index in [1.807, 2.05) is 0 Å². The van der Waals surface area contributed by atoms with E-state index >= 15 is 0 Å². The number of amides is 1. The number of primary amides is 1. The van der Waals surface area contributed by atoms with Gasteiger partial charge in [0.05, 0.1) is 0 Å². The first-order chi connectivity index (χ1) is 14.5. The molecule has 4 N–H and O–H groups in total. The van der Waals surface area contributed by atoms with Gasteiger partial charge in [-0.05, 0) is 25.3 Å². The lowest BCUT2D eigenvalue weighted by Crippen LogP contribution is -2.38. The highest BCUT2D eigenvalue weighted by molar-refractivity contribution is 5.77. The molecule has 0 fully saturated rings. The zero-order valence-corrected chi connectivity index (χ0v) is 19.9. The topological polar surface area (TPSA) is 92.4 Å². The monoisotopic (exact) mass is 426 g/mol. The highest BCUT2D eigenvalue weighted by Gasteiger charge is 2.16. The third-order valence-corrected chi connectivity index (χ3v) is 6.09. The van der Waals surface area contributed by atoms with Crippen LogP contribution in [0.3, 0.4) is 0 Å². The summed E-state index contributed by atoms with van der Waals surface area (Å²) in [6.45, 7) is 5.28. The minimum Gasteiger partial charge on any atom is -0.480 e. The number of aliphatic carboxylic acids is 1. The molecule has 0 heterocycles. The van der Waals surface area contributed by atoms with Crippen LogP contribution in [0.15, 0.2) is 0 Å². The summed E-state index contributed by atoms with van der Waals surface area (Å²) >= 11 is 0. The number of carbonyl (C=O) groups excluding carboxylic acids is 1. The first kappa shape index (κ1) is 28.9. The van der Waals surface area contributed by atoms with Crippen LogP contribution in [0, 0.1) is 5.92 Å². The average Bonchev–Trinajstić information content (AvgIpc) is 2.71. The second-order valence-electron chi connectivity index (χ2n) is 8.97. The van der Waals surface area contributed by atoms with Gasteiger partial charge in [0, 0.05) is 6.42 Å². The molecule has 0 spiro atoms. The van der Waals surface area contributed by atoms with Gasteiger partial charge in [-0.3, -0.25) is 9.59 Å². The third-order valence-electron chi connectivity index (χ3n) is 6.09. The first-order valence-electron chi connectivity index (χ1n) is 12.8. The van der Waals surface area contributed by atoms with Crippen LogP contribution in [0.25, 0.3) is 0 Å². The number of nitrogens with one attached hydrogen (secondary N) is 1. The Labute approximate surface area is 186 Å². The third kappa shape index (κ3) is 18.9. The molecule has 0 rings (SSSR count). The summed E-state index contributed by atoms with van der Waals surface area (Å²) in [6.07, 6.45) is 21.6. The van der Waals surface area contributed by atoms with Gasteiger partial charge in [-0.25, -0.2) is 0 Å². The summed E-state index contributed by atoms with van der Waals surface area (Å²) in [7, 11) is 0. The predicted octanol–water partition coefficient (Wildman–Crippen LogP) is 6.19. The molecule has 0 radical (unpaired) electrons. The Balaban J connectivity index is 3.54. The molecular weight excluding hydrogens is 376 g/mol.